The first-order valence-corrected chi connectivity index (χ1v) is 10.8. The summed E-state index contributed by atoms with van der Waals surface area (Å²) < 4.78 is 20.5. The van der Waals surface area contributed by atoms with Gasteiger partial charge in [-0.15, -0.1) is 10.2 Å². The summed E-state index contributed by atoms with van der Waals surface area (Å²) in [6.45, 7) is 3.65. The Labute approximate surface area is 186 Å². The lowest BCUT2D eigenvalue weighted by Gasteiger charge is -2.22. The summed E-state index contributed by atoms with van der Waals surface area (Å²) in [4.78, 5) is 27.2. The van der Waals surface area contributed by atoms with Crippen molar-refractivity contribution in [3.63, 3.8) is 0 Å². The Kier molecular flexibility index (Phi) is 4.78. The number of fused-ring (bicyclic) bond motifs is 1. The Hall–Kier alpha value is -3.59. The molecule has 2 aromatic carbocycles. The fourth-order valence-electron chi connectivity index (χ4n) is 4.13. The molecular formula is C23H18FN3O4S. The number of aliphatic hydroxyl groups is 1. The predicted molar refractivity (Wildman–Crippen MR) is 116 cm³/mol. The molecule has 0 radical (unpaired) electrons. The molecule has 162 valence electrons. The number of ether oxygens (including phenoxy) is 1. The van der Waals surface area contributed by atoms with Crippen molar-refractivity contribution >= 4 is 33.9 Å². The largest absolute Gasteiger partial charge is 0.507 e. The lowest BCUT2D eigenvalue weighted by Crippen LogP contribution is -2.29. The third kappa shape index (κ3) is 3.16. The number of carbonyl (C=O) groups excluding carboxylic acids is 2. The minimum Gasteiger partial charge on any atom is -0.507 e. The van der Waals surface area contributed by atoms with Crippen molar-refractivity contribution in [3.05, 3.63) is 75.6 Å². The van der Waals surface area contributed by atoms with E-state index in [2.05, 4.69) is 10.2 Å². The highest BCUT2D eigenvalue weighted by atomic mass is 32.1. The van der Waals surface area contributed by atoms with E-state index in [1.54, 1.807) is 31.2 Å². The van der Waals surface area contributed by atoms with E-state index in [-0.39, 0.29) is 28.1 Å². The van der Waals surface area contributed by atoms with Crippen molar-refractivity contribution in [2.24, 2.45) is 0 Å². The van der Waals surface area contributed by atoms with Crippen molar-refractivity contribution in [1.29, 1.82) is 0 Å². The summed E-state index contributed by atoms with van der Waals surface area (Å²) in [7, 11) is 0. The summed E-state index contributed by atoms with van der Waals surface area (Å²) in [5, 5.41) is 19.8. The standard InChI is InChI=1S/C23H18FN3O4S/c1-11-9-14-10-13(7-8-17(14)31-11)20(28)18-19(15-5-3-4-6-16(15)24)27(22(30)21(18)29)23-26-25-12(2)32-23/h3-8,10-11,19,28H,9H2,1-2H3/t11-,19+/m0/s1. The van der Waals surface area contributed by atoms with Gasteiger partial charge in [-0.05, 0) is 43.7 Å². The van der Waals surface area contributed by atoms with Gasteiger partial charge in [-0.3, -0.25) is 14.5 Å². The zero-order chi connectivity index (χ0) is 22.6. The van der Waals surface area contributed by atoms with Crippen LogP contribution >= 0.6 is 11.3 Å². The minimum atomic E-state index is -1.17. The smallest absolute Gasteiger partial charge is 0.301 e. The van der Waals surface area contributed by atoms with E-state index in [1.807, 2.05) is 6.92 Å². The Balaban J connectivity index is 1.71. The average molecular weight is 451 g/mol. The molecule has 1 fully saturated rings. The molecule has 2 aliphatic heterocycles. The number of aromatic nitrogens is 2. The Morgan fingerprint density at radius 2 is 2.00 bits per heavy atom. The summed E-state index contributed by atoms with van der Waals surface area (Å²) >= 11 is 1.11. The van der Waals surface area contributed by atoms with Gasteiger partial charge in [0.2, 0.25) is 5.13 Å². The van der Waals surface area contributed by atoms with Crippen molar-refractivity contribution in [3.8, 4) is 5.75 Å². The number of rotatable bonds is 3. The number of halogens is 1. The first-order chi connectivity index (χ1) is 15.3. The molecule has 2 atom stereocenters. The maximum Gasteiger partial charge on any atom is 0.301 e. The van der Waals surface area contributed by atoms with Crippen LogP contribution in [0.1, 0.15) is 34.7 Å². The number of ketones is 1. The van der Waals surface area contributed by atoms with Crippen LogP contribution in [-0.2, 0) is 16.0 Å². The highest BCUT2D eigenvalue weighted by Gasteiger charge is 2.49. The molecule has 9 heteroatoms. The molecule has 3 heterocycles. The Morgan fingerprint density at radius 3 is 2.72 bits per heavy atom. The number of Topliss-reactive ketones (excluding diaryl/α,β-unsaturated/α-hetero) is 1. The number of aliphatic hydroxyl groups excluding tert-OH is 1. The van der Waals surface area contributed by atoms with Gasteiger partial charge in [0.1, 0.15) is 34.5 Å². The fourth-order valence-corrected chi connectivity index (χ4v) is 4.84. The van der Waals surface area contributed by atoms with E-state index in [9.17, 15) is 19.1 Å². The van der Waals surface area contributed by atoms with E-state index in [1.165, 1.54) is 18.2 Å². The van der Waals surface area contributed by atoms with Gasteiger partial charge in [0.25, 0.3) is 5.78 Å². The SMILES string of the molecule is Cc1nnc(N2C(=O)C(=O)C(=C(O)c3ccc4c(c3)C[C@H](C)O4)[C@H]2c2ccccc2F)s1. The Morgan fingerprint density at radius 1 is 1.22 bits per heavy atom. The molecule has 0 aliphatic carbocycles. The third-order valence-corrected chi connectivity index (χ3v) is 6.37. The van der Waals surface area contributed by atoms with Gasteiger partial charge < -0.3 is 9.84 Å². The first-order valence-electron chi connectivity index (χ1n) is 10.0. The summed E-state index contributed by atoms with van der Waals surface area (Å²) in [5.74, 6) is -2.07. The molecule has 32 heavy (non-hydrogen) atoms. The van der Waals surface area contributed by atoms with Gasteiger partial charge >= 0.3 is 5.91 Å². The molecule has 1 amide bonds. The molecular weight excluding hydrogens is 433 g/mol. The summed E-state index contributed by atoms with van der Waals surface area (Å²) in [5.41, 5.74) is 1.13. The molecule has 7 nitrogen and oxygen atoms in total. The lowest BCUT2D eigenvalue weighted by molar-refractivity contribution is -0.132. The lowest BCUT2D eigenvalue weighted by atomic mass is 9.94. The molecule has 0 unspecified atom stereocenters. The topological polar surface area (TPSA) is 92.6 Å². The number of hydrogen-bond donors (Lipinski definition) is 1. The summed E-state index contributed by atoms with van der Waals surface area (Å²) in [6, 6.07) is 9.75. The molecule has 1 saturated heterocycles. The second kappa shape index (κ2) is 7.52. The molecule has 3 aromatic rings. The van der Waals surface area contributed by atoms with E-state index >= 15 is 0 Å². The van der Waals surface area contributed by atoms with Crippen LogP contribution < -0.4 is 9.64 Å². The maximum absolute atomic E-state index is 14.8. The zero-order valence-corrected chi connectivity index (χ0v) is 18.0. The van der Waals surface area contributed by atoms with Gasteiger partial charge in [0, 0.05) is 17.5 Å². The van der Waals surface area contributed by atoms with Crippen LogP contribution in [0.25, 0.3) is 5.76 Å². The molecule has 5 rings (SSSR count). The predicted octanol–water partition coefficient (Wildman–Crippen LogP) is 3.94. The minimum absolute atomic E-state index is 0.00651. The maximum atomic E-state index is 14.8. The van der Waals surface area contributed by atoms with Crippen LogP contribution in [-0.4, -0.2) is 33.1 Å². The molecule has 0 saturated carbocycles. The number of nitrogens with zero attached hydrogens (tertiary/aromatic N) is 3. The van der Waals surface area contributed by atoms with Crippen molar-refractivity contribution in [1.82, 2.24) is 10.2 Å². The van der Waals surface area contributed by atoms with Crippen LogP contribution in [0.3, 0.4) is 0 Å². The van der Waals surface area contributed by atoms with Crippen LogP contribution in [0.15, 0.2) is 48.0 Å². The second-order valence-corrected chi connectivity index (χ2v) is 8.91. The van der Waals surface area contributed by atoms with E-state index < -0.39 is 23.5 Å². The van der Waals surface area contributed by atoms with Crippen molar-refractivity contribution in [2.75, 3.05) is 4.90 Å². The zero-order valence-electron chi connectivity index (χ0n) is 17.2. The Bertz CT molecular complexity index is 1300. The van der Waals surface area contributed by atoms with Gasteiger partial charge in [-0.1, -0.05) is 29.5 Å². The summed E-state index contributed by atoms with van der Waals surface area (Å²) in [6.07, 6.45) is 0.665. The molecule has 0 spiro atoms. The van der Waals surface area contributed by atoms with Crippen LogP contribution in [0, 0.1) is 12.7 Å². The third-order valence-electron chi connectivity index (χ3n) is 5.54. The highest BCUT2D eigenvalue weighted by Crippen LogP contribution is 2.44. The number of amides is 1. The number of anilines is 1. The highest BCUT2D eigenvalue weighted by molar-refractivity contribution is 7.15. The van der Waals surface area contributed by atoms with Gasteiger partial charge in [-0.2, -0.15) is 0 Å². The monoisotopic (exact) mass is 451 g/mol. The van der Waals surface area contributed by atoms with E-state index in [0.717, 1.165) is 21.8 Å². The number of hydrogen-bond acceptors (Lipinski definition) is 7. The van der Waals surface area contributed by atoms with Crippen molar-refractivity contribution in [2.45, 2.75) is 32.4 Å². The number of benzene rings is 2. The fraction of sp³-hybridized carbons (Fsp3) is 0.217. The molecule has 0 bridgehead atoms. The van der Waals surface area contributed by atoms with E-state index in [0.29, 0.717) is 22.7 Å². The van der Waals surface area contributed by atoms with Crippen LogP contribution in [0.5, 0.6) is 5.75 Å². The molecule has 1 N–H and O–H groups in total. The van der Waals surface area contributed by atoms with Crippen LogP contribution in [0.2, 0.25) is 0 Å². The molecule has 2 aliphatic rings. The van der Waals surface area contributed by atoms with Crippen molar-refractivity contribution < 1.29 is 23.8 Å². The quantitative estimate of drug-likeness (QED) is 0.368. The average Bonchev–Trinajstić information content (AvgIpc) is 3.43. The first kappa shape index (κ1) is 20.3. The molecule has 1 aromatic heterocycles. The normalized spacial score (nSPS) is 21.7. The van der Waals surface area contributed by atoms with Crippen LogP contribution in [0.4, 0.5) is 9.52 Å². The van der Waals surface area contributed by atoms with Gasteiger partial charge in [-0.25, -0.2) is 4.39 Å². The number of carbonyl (C=O) groups is 2. The second-order valence-electron chi connectivity index (χ2n) is 7.75. The van der Waals surface area contributed by atoms with Gasteiger partial charge in [0.15, 0.2) is 0 Å². The van der Waals surface area contributed by atoms with Gasteiger partial charge in [0.05, 0.1) is 5.57 Å². The number of aryl methyl sites for hydroxylation is 1. The van der Waals surface area contributed by atoms with E-state index in [4.69, 9.17) is 4.74 Å².